The minimum Gasteiger partial charge on any atom is -0.408 e. The molecule has 0 aliphatic carbocycles. The summed E-state index contributed by atoms with van der Waals surface area (Å²) in [5, 5.41) is 0.747. The lowest BCUT2D eigenvalue weighted by Gasteiger charge is -2.22. The molecule has 30 heavy (non-hydrogen) atoms. The molecule has 0 N–H and O–H groups in total. The highest BCUT2D eigenvalue weighted by Crippen LogP contribution is 2.15. The number of aryl methyl sites for hydroxylation is 1. The van der Waals surface area contributed by atoms with Gasteiger partial charge in [-0.2, -0.15) is 0 Å². The normalized spacial score (nSPS) is 15.4. The summed E-state index contributed by atoms with van der Waals surface area (Å²) in [6, 6.07) is 15.3. The van der Waals surface area contributed by atoms with Crippen molar-refractivity contribution < 1.29 is 9.21 Å². The second-order valence-corrected chi connectivity index (χ2v) is 8.16. The zero-order valence-electron chi connectivity index (χ0n) is 16.9. The number of nitrogens with zero attached hydrogens (tertiary/aromatic N) is 3. The van der Waals surface area contributed by atoms with Crippen LogP contribution in [-0.4, -0.2) is 46.5 Å². The molecule has 0 bridgehead atoms. The molecule has 0 radical (unpaired) electrons. The number of hydrogen-bond donors (Lipinski definition) is 0. The van der Waals surface area contributed by atoms with Crippen LogP contribution in [0.5, 0.6) is 0 Å². The molecule has 158 valence electrons. The largest absolute Gasteiger partial charge is 0.419 e. The van der Waals surface area contributed by atoms with Gasteiger partial charge in [0.2, 0.25) is 5.91 Å². The number of rotatable bonds is 6. The standard InChI is InChI=1S/C23H26ClN3O3/c24-19-10-8-18(9-11-19)17-25-12-4-13-26(16-15-25)22(28)7-3-14-27-20-5-1-2-6-21(20)30-23(27)29/h1-2,5-6,8-11H,3-4,7,12-17H2. The molecule has 2 heterocycles. The minimum atomic E-state index is -0.365. The van der Waals surface area contributed by atoms with Crippen molar-refractivity contribution in [3.8, 4) is 0 Å². The van der Waals surface area contributed by atoms with Crippen molar-refractivity contribution in [2.24, 2.45) is 0 Å². The van der Waals surface area contributed by atoms with Crippen LogP contribution in [-0.2, 0) is 17.9 Å². The number of aromatic nitrogens is 1. The Morgan fingerprint density at radius 3 is 2.63 bits per heavy atom. The van der Waals surface area contributed by atoms with Gasteiger partial charge in [0.1, 0.15) is 0 Å². The SMILES string of the molecule is O=C(CCCn1c(=O)oc2ccccc21)N1CCCN(Cc2ccc(Cl)cc2)CC1. The molecule has 2 aromatic carbocycles. The molecule has 1 amide bonds. The van der Waals surface area contributed by atoms with E-state index in [1.807, 2.05) is 35.2 Å². The van der Waals surface area contributed by atoms with Crippen LogP contribution in [0.1, 0.15) is 24.8 Å². The van der Waals surface area contributed by atoms with E-state index in [-0.39, 0.29) is 11.7 Å². The van der Waals surface area contributed by atoms with Crippen LogP contribution >= 0.6 is 11.6 Å². The van der Waals surface area contributed by atoms with E-state index in [0.29, 0.717) is 25.0 Å². The van der Waals surface area contributed by atoms with Gasteiger partial charge in [-0.3, -0.25) is 14.3 Å². The first-order valence-electron chi connectivity index (χ1n) is 10.4. The Kier molecular flexibility index (Phi) is 6.55. The van der Waals surface area contributed by atoms with Gasteiger partial charge in [-0.15, -0.1) is 0 Å². The van der Waals surface area contributed by atoms with Crippen molar-refractivity contribution in [2.75, 3.05) is 26.2 Å². The van der Waals surface area contributed by atoms with Crippen LogP contribution < -0.4 is 5.76 Å². The predicted octanol–water partition coefficient (Wildman–Crippen LogP) is 3.76. The zero-order chi connectivity index (χ0) is 20.9. The molecule has 4 rings (SSSR count). The number of para-hydroxylation sites is 2. The number of halogens is 1. The first-order chi connectivity index (χ1) is 14.6. The highest BCUT2D eigenvalue weighted by Gasteiger charge is 2.19. The molecular formula is C23H26ClN3O3. The number of amides is 1. The third-order valence-corrected chi connectivity index (χ3v) is 5.86. The highest BCUT2D eigenvalue weighted by atomic mass is 35.5. The summed E-state index contributed by atoms with van der Waals surface area (Å²) in [5.41, 5.74) is 2.60. The van der Waals surface area contributed by atoms with E-state index in [0.717, 1.165) is 49.7 Å². The number of carbonyl (C=O) groups excluding carboxylic acids is 1. The Bertz CT molecular complexity index is 1060. The van der Waals surface area contributed by atoms with E-state index >= 15 is 0 Å². The average molecular weight is 428 g/mol. The summed E-state index contributed by atoms with van der Waals surface area (Å²) in [4.78, 5) is 29.1. The highest BCUT2D eigenvalue weighted by molar-refractivity contribution is 6.30. The molecular weight excluding hydrogens is 402 g/mol. The minimum absolute atomic E-state index is 0.157. The Balaban J connectivity index is 1.27. The summed E-state index contributed by atoms with van der Waals surface area (Å²) in [5.74, 6) is -0.208. The topological polar surface area (TPSA) is 58.7 Å². The average Bonchev–Trinajstić information content (AvgIpc) is 2.90. The first-order valence-corrected chi connectivity index (χ1v) is 10.8. The third kappa shape index (κ3) is 4.94. The fourth-order valence-corrected chi connectivity index (χ4v) is 4.12. The molecule has 0 unspecified atom stereocenters. The van der Waals surface area contributed by atoms with Gasteiger partial charge in [-0.1, -0.05) is 35.9 Å². The molecule has 0 atom stereocenters. The van der Waals surface area contributed by atoms with Crippen molar-refractivity contribution in [1.29, 1.82) is 0 Å². The van der Waals surface area contributed by atoms with Gasteiger partial charge in [0.25, 0.3) is 0 Å². The van der Waals surface area contributed by atoms with E-state index in [9.17, 15) is 9.59 Å². The van der Waals surface area contributed by atoms with Crippen molar-refractivity contribution >= 4 is 28.6 Å². The van der Waals surface area contributed by atoms with Crippen LogP contribution in [0.4, 0.5) is 0 Å². The first kappa shape index (κ1) is 20.7. The lowest BCUT2D eigenvalue weighted by Crippen LogP contribution is -2.35. The number of oxazole rings is 1. The Morgan fingerprint density at radius 1 is 1.00 bits per heavy atom. The molecule has 1 fully saturated rings. The van der Waals surface area contributed by atoms with Crippen LogP contribution in [0.25, 0.3) is 11.1 Å². The van der Waals surface area contributed by atoms with E-state index in [2.05, 4.69) is 17.0 Å². The maximum absolute atomic E-state index is 12.7. The van der Waals surface area contributed by atoms with Gasteiger partial charge < -0.3 is 9.32 Å². The van der Waals surface area contributed by atoms with Crippen molar-refractivity contribution in [1.82, 2.24) is 14.4 Å². The second kappa shape index (κ2) is 9.49. The van der Waals surface area contributed by atoms with Gasteiger partial charge >= 0.3 is 5.76 Å². The summed E-state index contributed by atoms with van der Waals surface area (Å²) >= 11 is 5.96. The Morgan fingerprint density at radius 2 is 1.80 bits per heavy atom. The van der Waals surface area contributed by atoms with Gasteiger partial charge in [-0.25, -0.2) is 4.79 Å². The third-order valence-electron chi connectivity index (χ3n) is 5.61. The molecule has 3 aromatic rings. The van der Waals surface area contributed by atoms with E-state index < -0.39 is 0 Å². The number of benzene rings is 2. The fourth-order valence-electron chi connectivity index (χ4n) is 4.00. The molecule has 1 aliphatic rings. The van der Waals surface area contributed by atoms with Gasteiger partial charge in [0.15, 0.2) is 5.58 Å². The fraction of sp³-hybridized carbons (Fsp3) is 0.391. The van der Waals surface area contributed by atoms with Crippen LogP contribution in [0.3, 0.4) is 0 Å². The maximum Gasteiger partial charge on any atom is 0.419 e. The quantitative estimate of drug-likeness (QED) is 0.601. The Labute approximate surface area is 180 Å². The van der Waals surface area contributed by atoms with Crippen LogP contribution in [0, 0.1) is 0 Å². The second-order valence-electron chi connectivity index (χ2n) is 7.73. The number of fused-ring (bicyclic) bond motifs is 1. The van der Waals surface area contributed by atoms with E-state index in [1.54, 1.807) is 10.6 Å². The number of carbonyl (C=O) groups is 1. The molecule has 7 heteroatoms. The van der Waals surface area contributed by atoms with Crippen molar-refractivity contribution in [3.05, 3.63) is 69.7 Å². The van der Waals surface area contributed by atoms with Gasteiger partial charge in [0, 0.05) is 50.7 Å². The molecule has 6 nitrogen and oxygen atoms in total. The molecule has 1 aromatic heterocycles. The zero-order valence-corrected chi connectivity index (χ0v) is 17.7. The number of hydrogen-bond acceptors (Lipinski definition) is 4. The smallest absolute Gasteiger partial charge is 0.408 e. The monoisotopic (exact) mass is 427 g/mol. The van der Waals surface area contributed by atoms with Gasteiger partial charge in [-0.05, 0) is 42.7 Å². The molecule has 1 aliphatic heterocycles. The summed E-state index contributed by atoms with van der Waals surface area (Å²) in [6.07, 6.45) is 2.02. The summed E-state index contributed by atoms with van der Waals surface area (Å²) in [6.45, 7) is 4.71. The molecule has 0 spiro atoms. The summed E-state index contributed by atoms with van der Waals surface area (Å²) in [7, 11) is 0. The van der Waals surface area contributed by atoms with Crippen molar-refractivity contribution in [3.63, 3.8) is 0 Å². The van der Waals surface area contributed by atoms with E-state index in [4.69, 9.17) is 16.0 Å². The van der Waals surface area contributed by atoms with Gasteiger partial charge in [0.05, 0.1) is 5.52 Å². The van der Waals surface area contributed by atoms with Crippen LogP contribution in [0.2, 0.25) is 5.02 Å². The van der Waals surface area contributed by atoms with E-state index in [1.165, 1.54) is 5.56 Å². The van der Waals surface area contributed by atoms with Crippen molar-refractivity contribution in [2.45, 2.75) is 32.4 Å². The lowest BCUT2D eigenvalue weighted by atomic mass is 10.2. The lowest BCUT2D eigenvalue weighted by molar-refractivity contribution is -0.131. The molecule has 1 saturated heterocycles. The summed E-state index contributed by atoms with van der Waals surface area (Å²) < 4.78 is 6.87. The predicted molar refractivity (Wildman–Crippen MR) is 118 cm³/mol. The molecule has 0 saturated carbocycles. The Hall–Kier alpha value is -2.57. The van der Waals surface area contributed by atoms with Crippen LogP contribution in [0.15, 0.2) is 57.7 Å². The maximum atomic E-state index is 12.7.